The summed E-state index contributed by atoms with van der Waals surface area (Å²) in [5.74, 6) is -0.516. The third kappa shape index (κ3) is 8.98. The summed E-state index contributed by atoms with van der Waals surface area (Å²) in [6.45, 7) is 9.77. The smallest absolute Gasteiger partial charge is 0.306 e. The summed E-state index contributed by atoms with van der Waals surface area (Å²) in [6, 6.07) is 0. The fourth-order valence-corrected chi connectivity index (χ4v) is 1.20. The molecule has 0 aromatic rings. The molecule has 5 heteroatoms. The number of aliphatic hydroxyl groups is 1. The monoisotopic (exact) mass is 259 g/mol. The van der Waals surface area contributed by atoms with E-state index in [-0.39, 0.29) is 12.8 Å². The quantitative estimate of drug-likeness (QED) is 0.704. The topological polar surface area (TPSA) is 75.6 Å². The normalized spacial score (nSPS) is 13.3. The van der Waals surface area contributed by atoms with Crippen molar-refractivity contribution < 1.29 is 19.4 Å². The van der Waals surface area contributed by atoms with Gasteiger partial charge in [0, 0.05) is 13.0 Å². The van der Waals surface area contributed by atoms with E-state index in [1.807, 2.05) is 13.8 Å². The number of rotatable bonds is 6. The molecule has 0 aliphatic rings. The van der Waals surface area contributed by atoms with Crippen LogP contribution >= 0.6 is 0 Å². The first-order valence-electron chi connectivity index (χ1n) is 6.29. The minimum atomic E-state index is -1.16. The number of nitrogens with one attached hydrogen (secondary N) is 1. The Hall–Kier alpha value is -1.10. The number of aliphatic hydroxyl groups excluding tert-OH is 1. The van der Waals surface area contributed by atoms with Crippen LogP contribution in [0.4, 0.5) is 0 Å². The minimum absolute atomic E-state index is 0.0353. The third-order valence-corrected chi connectivity index (χ3v) is 2.03. The van der Waals surface area contributed by atoms with Crippen LogP contribution in [0.5, 0.6) is 0 Å². The molecule has 1 unspecified atom stereocenters. The highest BCUT2D eigenvalue weighted by Gasteiger charge is 2.20. The van der Waals surface area contributed by atoms with Gasteiger partial charge in [0.25, 0.3) is 0 Å². The van der Waals surface area contributed by atoms with Gasteiger partial charge in [0.2, 0.25) is 5.91 Å². The molecule has 0 spiro atoms. The zero-order valence-electron chi connectivity index (χ0n) is 11.9. The second-order valence-electron chi connectivity index (χ2n) is 5.78. The van der Waals surface area contributed by atoms with Gasteiger partial charge >= 0.3 is 5.97 Å². The lowest BCUT2D eigenvalue weighted by molar-refractivity contribution is -0.155. The van der Waals surface area contributed by atoms with Gasteiger partial charge in [0.1, 0.15) is 11.7 Å². The van der Waals surface area contributed by atoms with E-state index < -0.39 is 23.6 Å². The van der Waals surface area contributed by atoms with Crippen LogP contribution in [0.25, 0.3) is 0 Å². The number of amides is 1. The summed E-state index contributed by atoms with van der Waals surface area (Å²) >= 11 is 0. The first-order chi connectivity index (χ1) is 8.11. The maximum Gasteiger partial charge on any atom is 0.306 e. The van der Waals surface area contributed by atoms with Crippen LogP contribution in [0.1, 0.15) is 47.5 Å². The fraction of sp³-hybridized carbons (Fsp3) is 0.846. The second kappa shape index (κ2) is 7.36. The summed E-state index contributed by atoms with van der Waals surface area (Å²) in [7, 11) is 0. The third-order valence-electron chi connectivity index (χ3n) is 2.03. The SMILES string of the molecule is CC(C)CNC(=O)C(O)CCC(=O)OC(C)(C)C. The van der Waals surface area contributed by atoms with Gasteiger partial charge in [-0.3, -0.25) is 9.59 Å². The number of hydrogen-bond acceptors (Lipinski definition) is 4. The van der Waals surface area contributed by atoms with Crippen molar-refractivity contribution in [1.82, 2.24) is 5.32 Å². The fourth-order valence-electron chi connectivity index (χ4n) is 1.20. The van der Waals surface area contributed by atoms with E-state index in [0.717, 1.165) is 0 Å². The molecule has 1 amide bonds. The number of ether oxygens (including phenoxy) is 1. The van der Waals surface area contributed by atoms with Crippen molar-refractivity contribution >= 4 is 11.9 Å². The van der Waals surface area contributed by atoms with Gasteiger partial charge in [0.05, 0.1) is 0 Å². The molecule has 106 valence electrons. The summed E-state index contributed by atoms with van der Waals surface area (Å²) in [5.41, 5.74) is -0.540. The molecule has 0 rings (SSSR count). The average Bonchev–Trinajstić information content (AvgIpc) is 2.19. The Morgan fingerprint density at radius 1 is 1.28 bits per heavy atom. The standard InChI is InChI=1S/C13H25NO4/c1-9(2)8-14-12(17)10(15)6-7-11(16)18-13(3,4)5/h9-10,15H,6-8H2,1-5H3,(H,14,17). The summed E-state index contributed by atoms with van der Waals surface area (Å²) < 4.78 is 5.08. The molecular weight excluding hydrogens is 234 g/mol. The highest BCUT2D eigenvalue weighted by molar-refractivity contribution is 5.81. The van der Waals surface area contributed by atoms with Gasteiger partial charge in [-0.2, -0.15) is 0 Å². The molecule has 0 aromatic carbocycles. The van der Waals surface area contributed by atoms with Crippen LogP contribution in [0.3, 0.4) is 0 Å². The van der Waals surface area contributed by atoms with Crippen molar-refractivity contribution in [3.63, 3.8) is 0 Å². The van der Waals surface area contributed by atoms with Crippen molar-refractivity contribution in [1.29, 1.82) is 0 Å². The van der Waals surface area contributed by atoms with E-state index >= 15 is 0 Å². The van der Waals surface area contributed by atoms with Crippen LogP contribution in [0.15, 0.2) is 0 Å². The molecule has 0 bridgehead atoms. The highest BCUT2D eigenvalue weighted by atomic mass is 16.6. The van der Waals surface area contributed by atoms with Crippen molar-refractivity contribution in [3.05, 3.63) is 0 Å². The first kappa shape index (κ1) is 16.9. The number of carbonyl (C=O) groups is 2. The maximum absolute atomic E-state index is 11.4. The van der Waals surface area contributed by atoms with Crippen LogP contribution in [0, 0.1) is 5.92 Å². The first-order valence-corrected chi connectivity index (χ1v) is 6.29. The molecular formula is C13H25NO4. The molecule has 0 saturated carbocycles. The van der Waals surface area contributed by atoms with E-state index in [1.165, 1.54) is 0 Å². The van der Waals surface area contributed by atoms with E-state index in [4.69, 9.17) is 4.74 Å². The molecule has 0 aliphatic carbocycles. The van der Waals surface area contributed by atoms with Gasteiger partial charge in [0.15, 0.2) is 0 Å². The number of hydrogen-bond donors (Lipinski definition) is 2. The Morgan fingerprint density at radius 3 is 2.28 bits per heavy atom. The molecule has 0 heterocycles. The van der Waals surface area contributed by atoms with Crippen LogP contribution in [0.2, 0.25) is 0 Å². The minimum Gasteiger partial charge on any atom is -0.460 e. The van der Waals surface area contributed by atoms with Crippen LogP contribution < -0.4 is 5.32 Å². The summed E-state index contributed by atoms with van der Waals surface area (Å²) in [5, 5.41) is 12.2. The predicted octanol–water partition coefficient (Wildman–Crippen LogP) is 1.24. The highest BCUT2D eigenvalue weighted by Crippen LogP contribution is 2.10. The predicted molar refractivity (Wildman–Crippen MR) is 68.9 cm³/mol. The zero-order valence-corrected chi connectivity index (χ0v) is 11.9. The lowest BCUT2D eigenvalue weighted by Crippen LogP contribution is -2.37. The Balaban J connectivity index is 3.92. The lowest BCUT2D eigenvalue weighted by Gasteiger charge is -2.20. The van der Waals surface area contributed by atoms with E-state index in [2.05, 4.69) is 5.32 Å². The van der Waals surface area contributed by atoms with Gasteiger partial charge in [-0.25, -0.2) is 0 Å². The molecule has 0 fully saturated rings. The Bertz CT molecular complexity index is 281. The van der Waals surface area contributed by atoms with Gasteiger partial charge < -0.3 is 15.2 Å². The van der Waals surface area contributed by atoms with Gasteiger partial charge in [-0.1, -0.05) is 13.8 Å². The molecule has 5 nitrogen and oxygen atoms in total. The summed E-state index contributed by atoms with van der Waals surface area (Å²) in [6.07, 6.45) is -1.04. The van der Waals surface area contributed by atoms with Gasteiger partial charge in [-0.05, 0) is 33.1 Å². The summed E-state index contributed by atoms with van der Waals surface area (Å²) in [4.78, 5) is 22.8. The van der Waals surface area contributed by atoms with E-state index in [9.17, 15) is 14.7 Å². The molecule has 0 saturated heterocycles. The molecule has 1 atom stereocenters. The largest absolute Gasteiger partial charge is 0.460 e. The van der Waals surface area contributed by atoms with E-state index in [1.54, 1.807) is 20.8 Å². The van der Waals surface area contributed by atoms with Crippen LogP contribution in [-0.2, 0) is 14.3 Å². The van der Waals surface area contributed by atoms with Crippen molar-refractivity contribution in [3.8, 4) is 0 Å². The van der Waals surface area contributed by atoms with E-state index in [0.29, 0.717) is 12.5 Å². The van der Waals surface area contributed by atoms with Crippen molar-refractivity contribution in [2.75, 3.05) is 6.54 Å². The zero-order chi connectivity index (χ0) is 14.3. The van der Waals surface area contributed by atoms with Crippen LogP contribution in [-0.4, -0.2) is 35.2 Å². The molecule has 18 heavy (non-hydrogen) atoms. The Labute approximate surface area is 109 Å². The second-order valence-corrected chi connectivity index (χ2v) is 5.78. The molecule has 2 N–H and O–H groups in total. The molecule has 0 radical (unpaired) electrons. The van der Waals surface area contributed by atoms with Gasteiger partial charge in [-0.15, -0.1) is 0 Å². The maximum atomic E-state index is 11.4. The molecule has 0 aliphatic heterocycles. The number of carbonyl (C=O) groups excluding carboxylic acids is 2. The lowest BCUT2D eigenvalue weighted by atomic mass is 10.1. The van der Waals surface area contributed by atoms with Crippen molar-refractivity contribution in [2.45, 2.75) is 59.2 Å². The Kier molecular flexibility index (Phi) is 6.91. The average molecular weight is 259 g/mol. The van der Waals surface area contributed by atoms with Crippen molar-refractivity contribution in [2.24, 2.45) is 5.92 Å². The molecule has 0 aromatic heterocycles. The number of esters is 1. The Morgan fingerprint density at radius 2 is 1.83 bits per heavy atom.